The highest BCUT2D eigenvalue weighted by molar-refractivity contribution is 5.89. The number of cyclic esters (lactones) is 1. The number of hydrogen-bond acceptors (Lipinski definition) is 3. The lowest BCUT2D eigenvalue weighted by molar-refractivity contribution is 0.156. The molecule has 1 amide bonds. The summed E-state index contributed by atoms with van der Waals surface area (Å²) in [7, 11) is 0. The quantitative estimate of drug-likeness (QED) is 0.589. The maximum Gasteiger partial charge on any atom is 0.430 e. The van der Waals surface area contributed by atoms with E-state index in [4.69, 9.17) is 4.74 Å². The van der Waals surface area contributed by atoms with Crippen molar-refractivity contribution >= 4 is 11.8 Å². The van der Waals surface area contributed by atoms with Crippen LogP contribution in [0.2, 0.25) is 0 Å². The molecule has 0 radical (unpaired) electrons. The molecule has 4 nitrogen and oxygen atoms in total. The number of nitrogens with zero attached hydrogens (tertiary/aromatic N) is 2. The zero-order chi connectivity index (χ0) is 9.54. The maximum atomic E-state index is 11.3. The van der Waals surface area contributed by atoms with Crippen LogP contribution in [0.1, 0.15) is 32.1 Å². The third-order valence-electron chi connectivity index (χ3n) is 3.43. The normalized spacial score (nSPS) is 35.9. The molecule has 3 aliphatic rings. The minimum Gasteiger partial charge on any atom is -0.446 e. The van der Waals surface area contributed by atoms with Crippen molar-refractivity contribution in [1.82, 2.24) is 5.01 Å². The monoisotopic (exact) mass is 194 g/mol. The van der Waals surface area contributed by atoms with Crippen LogP contribution in [-0.2, 0) is 4.74 Å². The van der Waals surface area contributed by atoms with Crippen LogP contribution in [0.3, 0.4) is 0 Å². The summed E-state index contributed by atoms with van der Waals surface area (Å²) in [6.07, 6.45) is 5.66. The SMILES string of the molecule is O=C1OCC2CC3CCCCC3=NN12. The largest absolute Gasteiger partial charge is 0.446 e. The molecule has 0 bridgehead atoms. The lowest BCUT2D eigenvalue weighted by Crippen LogP contribution is -2.40. The van der Waals surface area contributed by atoms with Crippen molar-refractivity contribution in [3.05, 3.63) is 0 Å². The maximum absolute atomic E-state index is 11.3. The van der Waals surface area contributed by atoms with Crippen LogP contribution in [-0.4, -0.2) is 29.5 Å². The van der Waals surface area contributed by atoms with Gasteiger partial charge in [-0.15, -0.1) is 0 Å². The Labute approximate surface area is 82.9 Å². The fourth-order valence-electron chi connectivity index (χ4n) is 2.66. The predicted octanol–water partition coefficient (Wildman–Crippen LogP) is 1.76. The Balaban J connectivity index is 1.88. The summed E-state index contributed by atoms with van der Waals surface area (Å²) in [6.45, 7) is 0.534. The molecule has 2 aliphatic heterocycles. The average molecular weight is 194 g/mol. The van der Waals surface area contributed by atoms with Gasteiger partial charge in [-0.3, -0.25) is 0 Å². The van der Waals surface area contributed by atoms with Gasteiger partial charge in [0.2, 0.25) is 0 Å². The number of amides is 1. The highest BCUT2D eigenvalue weighted by Crippen LogP contribution is 2.33. The molecule has 1 saturated heterocycles. The van der Waals surface area contributed by atoms with Crippen molar-refractivity contribution < 1.29 is 9.53 Å². The van der Waals surface area contributed by atoms with Crippen LogP contribution >= 0.6 is 0 Å². The third kappa shape index (κ3) is 1.13. The van der Waals surface area contributed by atoms with E-state index in [1.54, 1.807) is 5.01 Å². The van der Waals surface area contributed by atoms with E-state index >= 15 is 0 Å². The molecule has 76 valence electrons. The van der Waals surface area contributed by atoms with Crippen LogP contribution < -0.4 is 0 Å². The van der Waals surface area contributed by atoms with Crippen LogP contribution in [0.4, 0.5) is 4.79 Å². The van der Waals surface area contributed by atoms with E-state index < -0.39 is 0 Å². The van der Waals surface area contributed by atoms with Gasteiger partial charge in [0.25, 0.3) is 0 Å². The molecule has 2 heterocycles. The van der Waals surface area contributed by atoms with Crippen LogP contribution in [0.5, 0.6) is 0 Å². The van der Waals surface area contributed by atoms with E-state index in [9.17, 15) is 4.79 Å². The number of hydrazone groups is 1. The van der Waals surface area contributed by atoms with Gasteiger partial charge < -0.3 is 4.74 Å². The summed E-state index contributed by atoms with van der Waals surface area (Å²) in [5.41, 5.74) is 1.23. The van der Waals surface area contributed by atoms with Gasteiger partial charge in [-0.2, -0.15) is 10.1 Å². The molecule has 3 rings (SSSR count). The number of fused-ring (bicyclic) bond motifs is 2. The Hall–Kier alpha value is -1.06. The first-order valence-electron chi connectivity index (χ1n) is 5.38. The molecule has 0 aromatic heterocycles. The van der Waals surface area contributed by atoms with E-state index in [-0.39, 0.29) is 12.1 Å². The van der Waals surface area contributed by atoms with E-state index in [2.05, 4.69) is 5.10 Å². The molecular weight excluding hydrogens is 180 g/mol. The van der Waals surface area contributed by atoms with Crippen LogP contribution in [0, 0.1) is 5.92 Å². The van der Waals surface area contributed by atoms with Crippen LogP contribution in [0.15, 0.2) is 5.10 Å². The second kappa shape index (κ2) is 2.97. The Bertz CT molecular complexity index is 300. The van der Waals surface area contributed by atoms with Gasteiger partial charge in [0.15, 0.2) is 0 Å². The first-order valence-corrected chi connectivity index (χ1v) is 5.38. The molecule has 2 unspecified atom stereocenters. The van der Waals surface area contributed by atoms with Crippen LogP contribution in [0.25, 0.3) is 0 Å². The minimum atomic E-state index is -0.258. The smallest absolute Gasteiger partial charge is 0.430 e. The Morgan fingerprint density at radius 2 is 2.36 bits per heavy atom. The molecule has 14 heavy (non-hydrogen) atoms. The molecule has 0 spiro atoms. The molecule has 1 saturated carbocycles. The molecule has 0 aromatic carbocycles. The molecular formula is C10H14N2O2. The van der Waals surface area contributed by atoms with Gasteiger partial charge in [-0.25, -0.2) is 4.79 Å². The van der Waals surface area contributed by atoms with Crippen molar-refractivity contribution in [3.8, 4) is 0 Å². The summed E-state index contributed by atoms with van der Waals surface area (Å²) < 4.78 is 4.99. The average Bonchev–Trinajstić information content (AvgIpc) is 2.57. The number of carbonyl (C=O) groups excluding carboxylic acids is 1. The topological polar surface area (TPSA) is 41.9 Å². The van der Waals surface area contributed by atoms with Crippen molar-refractivity contribution in [2.75, 3.05) is 6.61 Å². The second-order valence-electron chi connectivity index (χ2n) is 4.35. The lowest BCUT2D eigenvalue weighted by atomic mass is 9.82. The predicted molar refractivity (Wildman–Crippen MR) is 51.0 cm³/mol. The zero-order valence-electron chi connectivity index (χ0n) is 8.11. The minimum absolute atomic E-state index is 0.217. The summed E-state index contributed by atoms with van der Waals surface area (Å²) in [5.74, 6) is 0.625. The summed E-state index contributed by atoms with van der Waals surface area (Å²) in [5, 5.41) is 5.98. The molecule has 0 aromatic rings. The fraction of sp³-hybridized carbons (Fsp3) is 0.800. The second-order valence-corrected chi connectivity index (χ2v) is 4.35. The van der Waals surface area contributed by atoms with Crippen molar-refractivity contribution in [3.63, 3.8) is 0 Å². The van der Waals surface area contributed by atoms with Gasteiger partial charge in [-0.1, -0.05) is 6.42 Å². The summed E-state index contributed by atoms with van der Waals surface area (Å²) in [6, 6.07) is 0.217. The third-order valence-corrected chi connectivity index (χ3v) is 3.43. The van der Waals surface area contributed by atoms with Crippen molar-refractivity contribution in [2.24, 2.45) is 11.0 Å². The van der Waals surface area contributed by atoms with Crippen molar-refractivity contribution in [2.45, 2.75) is 38.1 Å². The molecule has 2 atom stereocenters. The summed E-state index contributed by atoms with van der Waals surface area (Å²) in [4.78, 5) is 11.3. The van der Waals surface area contributed by atoms with Gasteiger partial charge in [-0.05, 0) is 25.7 Å². The number of ether oxygens (including phenoxy) is 1. The number of carbonyl (C=O) groups is 1. The molecule has 4 heteroatoms. The standard InChI is InChI=1S/C10H14N2O2/c13-10-12-8(6-14-10)5-7-3-1-2-4-9(7)11-12/h7-8H,1-6H2. The van der Waals surface area contributed by atoms with E-state index in [1.807, 2.05) is 0 Å². The van der Waals surface area contributed by atoms with Gasteiger partial charge in [0.05, 0.1) is 6.04 Å². The van der Waals surface area contributed by atoms with Gasteiger partial charge in [0.1, 0.15) is 6.61 Å². The van der Waals surface area contributed by atoms with E-state index in [0.29, 0.717) is 12.5 Å². The fourth-order valence-corrected chi connectivity index (χ4v) is 2.66. The Morgan fingerprint density at radius 1 is 1.43 bits per heavy atom. The summed E-state index contributed by atoms with van der Waals surface area (Å²) >= 11 is 0. The zero-order valence-corrected chi connectivity index (χ0v) is 8.11. The highest BCUT2D eigenvalue weighted by Gasteiger charge is 2.40. The Kier molecular flexibility index (Phi) is 1.75. The lowest BCUT2D eigenvalue weighted by Gasteiger charge is -2.33. The highest BCUT2D eigenvalue weighted by atomic mass is 16.6. The van der Waals surface area contributed by atoms with Gasteiger partial charge >= 0.3 is 6.09 Å². The van der Waals surface area contributed by atoms with Crippen molar-refractivity contribution in [1.29, 1.82) is 0 Å². The Morgan fingerprint density at radius 3 is 3.29 bits per heavy atom. The number of rotatable bonds is 0. The molecule has 1 aliphatic carbocycles. The first kappa shape index (κ1) is 8.26. The van der Waals surface area contributed by atoms with Gasteiger partial charge in [0, 0.05) is 11.6 Å². The van der Waals surface area contributed by atoms with E-state index in [1.165, 1.54) is 25.0 Å². The number of hydrogen-bond donors (Lipinski definition) is 0. The molecule has 2 fully saturated rings. The molecule has 0 N–H and O–H groups in total. The van der Waals surface area contributed by atoms with E-state index in [0.717, 1.165) is 12.8 Å². The first-order chi connectivity index (χ1) is 6.84.